The molecule has 0 atom stereocenters. The summed E-state index contributed by atoms with van der Waals surface area (Å²) in [6.07, 6.45) is 0. The molecule has 1 rings (SSSR count). The van der Waals surface area contributed by atoms with Gasteiger partial charge in [0.25, 0.3) is 5.91 Å². The smallest absolute Gasteiger partial charge is 0.325 e. The number of likely N-dealkylation sites (N-methyl/N-ethyl adjacent to an activating group) is 1. The minimum atomic E-state index is -0.414. The molecule has 1 amide bonds. The summed E-state index contributed by atoms with van der Waals surface area (Å²) in [4.78, 5) is 25.4. The fourth-order valence-electron chi connectivity index (χ4n) is 1.65. The lowest BCUT2D eigenvalue weighted by Crippen LogP contribution is -2.36. The first-order chi connectivity index (χ1) is 9.49. The highest BCUT2D eigenvalue weighted by molar-refractivity contribution is 7.80. The predicted molar refractivity (Wildman–Crippen MR) is 80.5 cm³/mol. The summed E-state index contributed by atoms with van der Waals surface area (Å²) in [6.45, 7) is 4.20. The van der Waals surface area contributed by atoms with Gasteiger partial charge in [-0.1, -0.05) is 24.4 Å². The second-order valence-corrected chi connectivity index (χ2v) is 4.51. The number of hydrogen-bond donors (Lipinski definition) is 1. The van der Waals surface area contributed by atoms with Gasteiger partial charge < -0.3 is 15.4 Å². The van der Waals surface area contributed by atoms with E-state index < -0.39 is 5.97 Å². The number of benzene rings is 1. The molecule has 6 heteroatoms. The first kappa shape index (κ1) is 16.1. The molecule has 0 unspecified atom stereocenters. The first-order valence-corrected chi connectivity index (χ1v) is 6.75. The maximum atomic E-state index is 12.3. The molecule has 108 valence electrons. The maximum Gasteiger partial charge on any atom is 0.325 e. The van der Waals surface area contributed by atoms with Crippen molar-refractivity contribution >= 4 is 29.1 Å². The highest BCUT2D eigenvalue weighted by atomic mass is 32.1. The zero-order valence-electron chi connectivity index (χ0n) is 11.6. The van der Waals surface area contributed by atoms with Crippen LogP contribution in [0.2, 0.25) is 0 Å². The summed E-state index contributed by atoms with van der Waals surface area (Å²) < 4.78 is 4.84. The SMILES string of the molecule is CCOC(=O)CN(CC)C(=O)c1ccc(C(N)=S)cc1. The Kier molecular flexibility index (Phi) is 6.11. The third-order valence-electron chi connectivity index (χ3n) is 2.71. The normalized spacial score (nSPS) is 9.90. The van der Waals surface area contributed by atoms with E-state index in [1.165, 1.54) is 4.90 Å². The van der Waals surface area contributed by atoms with Crippen LogP contribution in [0.4, 0.5) is 0 Å². The van der Waals surface area contributed by atoms with Crippen LogP contribution in [0.3, 0.4) is 0 Å². The van der Waals surface area contributed by atoms with Gasteiger partial charge in [-0.15, -0.1) is 0 Å². The fraction of sp³-hybridized carbons (Fsp3) is 0.357. The molecule has 20 heavy (non-hydrogen) atoms. The fourth-order valence-corrected chi connectivity index (χ4v) is 1.79. The van der Waals surface area contributed by atoms with Crippen molar-refractivity contribution in [2.24, 2.45) is 5.73 Å². The molecule has 0 aliphatic heterocycles. The van der Waals surface area contributed by atoms with Crippen LogP contribution in [0.15, 0.2) is 24.3 Å². The average Bonchev–Trinajstić information content (AvgIpc) is 2.44. The lowest BCUT2D eigenvalue weighted by Gasteiger charge is -2.19. The molecule has 0 aliphatic carbocycles. The van der Waals surface area contributed by atoms with E-state index in [2.05, 4.69) is 0 Å². The first-order valence-electron chi connectivity index (χ1n) is 6.34. The van der Waals surface area contributed by atoms with Gasteiger partial charge in [-0.2, -0.15) is 0 Å². The molecule has 0 saturated carbocycles. The molecule has 1 aromatic carbocycles. The number of nitrogens with two attached hydrogens (primary N) is 1. The van der Waals surface area contributed by atoms with Gasteiger partial charge in [-0.05, 0) is 26.0 Å². The second-order valence-electron chi connectivity index (χ2n) is 4.07. The molecular formula is C14H18N2O3S. The monoisotopic (exact) mass is 294 g/mol. The van der Waals surface area contributed by atoms with Crippen LogP contribution >= 0.6 is 12.2 Å². The van der Waals surface area contributed by atoms with Crippen LogP contribution in [0.25, 0.3) is 0 Å². The molecule has 0 radical (unpaired) electrons. The number of esters is 1. The Morgan fingerprint density at radius 2 is 1.75 bits per heavy atom. The summed E-state index contributed by atoms with van der Waals surface area (Å²) in [5, 5.41) is 0. The lowest BCUT2D eigenvalue weighted by molar-refractivity contribution is -0.143. The molecule has 0 aliphatic rings. The number of carbonyl (C=O) groups is 2. The number of thiocarbonyl (C=S) groups is 1. The Balaban J connectivity index is 2.80. The van der Waals surface area contributed by atoms with Crippen molar-refractivity contribution in [2.75, 3.05) is 19.7 Å². The van der Waals surface area contributed by atoms with Crippen molar-refractivity contribution in [1.82, 2.24) is 4.90 Å². The Morgan fingerprint density at radius 1 is 1.20 bits per heavy atom. The van der Waals surface area contributed by atoms with Gasteiger partial charge in [0.1, 0.15) is 11.5 Å². The van der Waals surface area contributed by atoms with Gasteiger partial charge in [0, 0.05) is 17.7 Å². The third-order valence-corrected chi connectivity index (χ3v) is 2.95. The number of ether oxygens (including phenoxy) is 1. The Morgan fingerprint density at radius 3 is 2.20 bits per heavy atom. The van der Waals surface area contributed by atoms with Gasteiger partial charge in [0.15, 0.2) is 0 Å². The molecule has 0 heterocycles. The summed E-state index contributed by atoms with van der Waals surface area (Å²) in [6, 6.07) is 6.66. The summed E-state index contributed by atoms with van der Waals surface area (Å²) in [7, 11) is 0. The molecule has 5 nitrogen and oxygen atoms in total. The van der Waals surface area contributed by atoms with E-state index in [0.29, 0.717) is 24.3 Å². The van der Waals surface area contributed by atoms with E-state index in [4.69, 9.17) is 22.7 Å². The molecule has 0 fully saturated rings. The Labute approximate surface area is 123 Å². The molecule has 0 spiro atoms. The van der Waals surface area contributed by atoms with E-state index in [1.807, 2.05) is 0 Å². The molecule has 2 N–H and O–H groups in total. The van der Waals surface area contributed by atoms with Crippen molar-refractivity contribution in [2.45, 2.75) is 13.8 Å². The summed E-state index contributed by atoms with van der Waals surface area (Å²) >= 11 is 4.85. The van der Waals surface area contributed by atoms with Gasteiger partial charge in [-0.3, -0.25) is 9.59 Å². The number of carbonyl (C=O) groups excluding carboxylic acids is 2. The number of rotatable bonds is 6. The average molecular weight is 294 g/mol. The molecule has 1 aromatic rings. The lowest BCUT2D eigenvalue weighted by atomic mass is 10.1. The zero-order valence-corrected chi connectivity index (χ0v) is 12.4. The number of hydrogen-bond acceptors (Lipinski definition) is 4. The zero-order chi connectivity index (χ0) is 15.1. The Hall–Kier alpha value is -1.95. The highest BCUT2D eigenvalue weighted by Crippen LogP contribution is 2.08. The van der Waals surface area contributed by atoms with E-state index in [9.17, 15) is 9.59 Å². The minimum Gasteiger partial charge on any atom is -0.465 e. The number of amides is 1. The standard InChI is InChI=1S/C14H18N2O3S/c1-3-16(9-12(17)19-4-2)14(18)11-7-5-10(6-8-11)13(15)20/h5-8H,3-4,9H2,1-2H3,(H2,15,20). The quantitative estimate of drug-likeness (QED) is 0.633. The van der Waals surface area contributed by atoms with Crippen LogP contribution < -0.4 is 5.73 Å². The van der Waals surface area contributed by atoms with Crippen molar-refractivity contribution in [3.8, 4) is 0 Å². The molecule has 0 bridgehead atoms. The molecule has 0 aromatic heterocycles. The second kappa shape index (κ2) is 7.59. The largest absolute Gasteiger partial charge is 0.465 e. The van der Waals surface area contributed by atoms with Gasteiger partial charge in [0.05, 0.1) is 6.61 Å². The summed E-state index contributed by atoms with van der Waals surface area (Å²) in [5.41, 5.74) is 6.68. The maximum absolute atomic E-state index is 12.3. The van der Waals surface area contributed by atoms with Crippen molar-refractivity contribution < 1.29 is 14.3 Å². The van der Waals surface area contributed by atoms with E-state index >= 15 is 0 Å². The predicted octanol–water partition coefficient (Wildman–Crippen LogP) is 1.35. The van der Waals surface area contributed by atoms with Crippen LogP contribution in [0, 0.1) is 0 Å². The van der Waals surface area contributed by atoms with Gasteiger partial charge in [0.2, 0.25) is 0 Å². The van der Waals surface area contributed by atoms with Crippen molar-refractivity contribution in [1.29, 1.82) is 0 Å². The molecule has 0 saturated heterocycles. The Bertz CT molecular complexity index is 500. The van der Waals surface area contributed by atoms with Crippen molar-refractivity contribution in [3.63, 3.8) is 0 Å². The van der Waals surface area contributed by atoms with Gasteiger partial charge >= 0.3 is 5.97 Å². The van der Waals surface area contributed by atoms with Crippen LogP contribution in [-0.4, -0.2) is 41.5 Å². The van der Waals surface area contributed by atoms with E-state index in [1.54, 1.807) is 38.1 Å². The minimum absolute atomic E-state index is 0.0553. The summed E-state index contributed by atoms with van der Waals surface area (Å²) in [5.74, 6) is -0.641. The van der Waals surface area contributed by atoms with E-state index in [0.717, 1.165) is 0 Å². The number of nitrogens with zero attached hydrogens (tertiary/aromatic N) is 1. The third kappa shape index (κ3) is 4.31. The van der Waals surface area contributed by atoms with Crippen LogP contribution in [-0.2, 0) is 9.53 Å². The van der Waals surface area contributed by atoms with Gasteiger partial charge in [-0.25, -0.2) is 0 Å². The van der Waals surface area contributed by atoms with Crippen LogP contribution in [0.1, 0.15) is 29.8 Å². The topological polar surface area (TPSA) is 72.6 Å². The molecular weight excluding hydrogens is 276 g/mol. The van der Waals surface area contributed by atoms with Crippen molar-refractivity contribution in [3.05, 3.63) is 35.4 Å². The van der Waals surface area contributed by atoms with Crippen LogP contribution in [0.5, 0.6) is 0 Å². The van der Waals surface area contributed by atoms with E-state index in [-0.39, 0.29) is 17.4 Å². The highest BCUT2D eigenvalue weighted by Gasteiger charge is 2.17.